The Bertz CT molecular complexity index is 383. The first kappa shape index (κ1) is 15.9. The minimum Gasteiger partial charge on any atom is -0.469 e. The number of methoxy groups -OCH3 is 1. The maximum absolute atomic E-state index is 11.0. The highest BCUT2D eigenvalue weighted by Gasteiger charge is 2.07. The van der Waals surface area contributed by atoms with Crippen LogP contribution in [0.4, 0.5) is 0 Å². The molecule has 0 aliphatic heterocycles. The Hall–Kier alpha value is -1.15. The van der Waals surface area contributed by atoms with Crippen LogP contribution >= 0.6 is 11.8 Å². The lowest BCUT2D eigenvalue weighted by atomic mass is 10.3. The zero-order valence-corrected chi connectivity index (χ0v) is 12.4. The van der Waals surface area contributed by atoms with Gasteiger partial charge in [-0.15, -0.1) is 5.10 Å². The molecule has 0 unspecified atom stereocenters. The van der Waals surface area contributed by atoms with E-state index in [0.29, 0.717) is 12.5 Å². The van der Waals surface area contributed by atoms with Crippen molar-refractivity contribution in [1.82, 2.24) is 25.5 Å². The lowest BCUT2D eigenvalue weighted by Gasteiger charge is -2.08. The van der Waals surface area contributed by atoms with E-state index in [9.17, 15) is 4.79 Å². The maximum atomic E-state index is 11.0. The number of rotatable bonds is 9. The molecule has 0 aliphatic carbocycles. The molecular formula is C11H21N5O2S. The van der Waals surface area contributed by atoms with E-state index in [0.717, 1.165) is 30.4 Å². The van der Waals surface area contributed by atoms with Crippen molar-refractivity contribution in [2.75, 3.05) is 19.4 Å². The molecule has 0 radical (unpaired) electrons. The lowest BCUT2D eigenvalue weighted by Crippen LogP contribution is -2.27. The van der Waals surface area contributed by atoms with Crippen molar-refractivity contribution in [3.63, 3.8) is 0 Å². The van der Waals surface area contributed by atoms with E-state index in [1.807, 2.05) is 0 Å². The van der Waals surface area contributed by atoms with E-state index in [2.05, 4.69) is 39.4 Å². The number of thioether (sulfide) groups is 1. The van der Waals surface area contributed by atoms with Crippen molar-refractivity contribution in [3.8, 4) is 0 Å². The number of aromatic nitrogens is 4. The van der Waals surface area contributed by atoms with Crippen LogP contribution in [0.15, 0.2) is 5.16 Å². The molecule has 1 rings (SSSR count). The highest BCUT2D eigenvalue weighted by molar-refractivity contribution is 7.99. The van der Waals surface area contributed by atoms with Crippen molar-refractivity contribution >= 4 is 17.7 Å². The predicted molar refractivity (Wildman–Crippen MR) is 72.9 cm³/mol. The van der Waals surface area contributed by atoms with Gasteiger partial charge in [0.05, 0.1) is 13.7 Å². The fourth-order valence-electron chi connectivity index (χ4n) is 1.38. The Kier molecular flexibility index (Phi) is 7.42. The van der Waals surface area contributed by atoms with Crippen LogP contribution in [0.1, 0.15) is 26.7 Å². The van der Waals surface area contributed by atoms with Gasteiger partial charge in [-0.3, -0.25) is 4.79 Å². The minimum atomic E-state index is -0.179. The van der Waals surface area contributed by atoms with E-state index in [1.165, 1.54) is 7.11 Å². The van der Waals surface area contributed by atoms with E-state index in [4.69, 9.17) is 0 Å². The molecule has 1 aromatic heterocycles. The molecule has 1 N–H and O–H groups in total. The monoisotopic (exact) mass is 287 g/mol. The largest absolute Gasteiger partial charge is 0.469 e. The third-order valence-electron chi connectivity index (χ3n) is 2.36. The molecule has 108 valence electrons. The minimum absolute atomic E-state index is 0.179. The number of hydrogen-bond donors (Lipinski definition) is 1. The van der Waals surface area contributed by atoms with Crippen LogP contribution in [0.5, 0.6) is 0 Å². The van der Waals surface area contributed by atoms with Crippen LogP contribution in [-0.4, -0.2) is 51.6 Å². The molecule has 0 saturated carbocycles. The molecule has 0 aliphatic rings. The van der Waals surface area contributed by atoms with Crippen LogP contribution < -0.4 is 5.32 Å². The van der Waals surface area contributed by atoms with Gasteiger partial charge in [0.15, 0.2) is 0 Å². The lowest BCUT2D eigenvalue weighted by molar-refractivity contribution is -0.140. The van der Waals surface area contributed by atoms with Gasteiger partial charge in [0.25, 0.3) is 0 Å². The van der Waals surface area contributed by atoms with Crippen LogP contribution in [0, 0.1) is 0 Å². The van der Waals surface area contributed by atoms with Crippen molar-refractivity contribution in [3.05, 3.63) is 0 Å². The number of tetrazole rings is 1. The highest BCUT2D eigenvalue weighted by Crippen LogP contribution is 2.15. The molecule has 0 saturated heterocycles. The van der Waals surface area contributed by atoms with Gasteiger partial charge >= 0.3 is 5.97 Å². The Morgan fingerprint density at radius 1 is 1.53 bits per heavy atom. The second-order valence-electron chi connectivity index (χ2n) is 4.32. The van der Waals surface area contributed by atoms with E-state index in [-0.39, 0.29) is 5.97 Å². The quantitative estimate of drug-likeness (QED) is 0.407. The zero-order chi connectivity index (χ0) is 14.1. The second-order valence-corrected chi connectivity index (χ2v) is 5.38. The van der Waals surface area contributed by atoms with E-state index in [1.54, 1.807) is 16.4 Å². The summed E-state index contributed by atoms with van der Waals surface area (Å²) >= 11 is 1.56. The summed E-state index contributed by atoms with van der Waals surface area (Å²) in [5.41, 5.74) is 0. The average molecular weight is 287 g/mol. The van der Waals surface area contributed by atoms with E-state index >= 15 is 0 Å². The third-order valence-corrected chi connectivity index (χ3v) is 3.40. The molecule has 0 aromatic carbocycles. The standard InChI is InChI=1S/C11H21N5O2S/c1-9(2)12-6-7-16-11(13-14-15-16)19-8-4-5-10(17)18-3/h9,12H,4-8H2,1-3H3. The summed E-state index contributed by atoms with van der Waals surface area (Å²) in [6.45, 7) is 5.77. The van der Waals surface area contributed by atoms with Gasteiger partial charge in [0.2, 0.25) is 5.16 Å². The van der Waals surface area contributed by atoms with Gasteiger partial charge in [-0.05, 0) is 16.8 Å². The maximum Gasteiger partial charge on any atom is 0.305 e. The first-order chi connectivity index (χ1) is 9.13. The Morgan fingerprint density at radius 3 is 3.00 bits per heavy atom. The average Bonchev–Trinajstić information content (AvgIpc) is 2.81. The molecule has 0 spiro atoms. The molecule has 1 aromatic rings. The number of ether oxygens (including phenoxy) is 1. The number of nitrogens with zero attached hydrogens (tertiary/aromatic N) is 4. The molecule has 0 amide bonds. The number of carbonyl (C=O) groups excluding carboxylic acids is 1. The normalized spacial score (nSPS) is 10.9. The zero-order valence-electron chi connectivity index (χ0n) is 11.6. The summed E-state index contributed by atoms with van der Waals surface area (Å²) in [5, 5.41) is 15.7. The van der Waals surface area contributed by atoms with Gasteiger partial charge in [-0.2, -0.15) is 0 Å². The molecule has 0 atom stereocenters. The molecule has 1 heterocycles. The fraction of sp³-hybridized carbons (Fsp3) is 0.818. The van der Waals surface area contributed by atoms with Gasteiger partial charge in [-0.25, -0.2) is 4.68 Å². The van der Waals surface area contributed by atoms with Crippen molar-refractivity contribution in [1.29, 1.82) is 0 Å². The molecule has 19 heavy (non-hydrogen) atoms. The summed E-state index contributed by atoms with van der Waals surface area (Å²) in [6.07, 6.45) is 1.19. The van der Waals surface area contributed by atoms with E-state index < -0.39 is 0 Å². The highest BCUT2D eigenvalue weighted by atomic mass is 32.2. The molecule has 0 fully saturated rings. The molecule has 0 bridgehead atoms. The summed E-state index contributed by atoms with van der Waals surface area (Å²) < 4.78 is 6.36. The summed E-state index contributed by atoms with van der Waals surface area (Å²) in [5.74, 6) is 0.619. The number of hydrogen-bond acceptors (Lipinski definition) is 7. The summed E-state index contributed by atoms with van der Waals surface area (Å²) in [7, 11) is 1.40. The van der Waals surface area contributed by atoms with Crippen molar-refractivity contribution in [2.24, 2.45) is 0 Å². The van der Waals surface area contributed by atoms with Crippen LogP contribution in [0.2, 0.25) is 0 Å². The first-order valence-electron chi connectivity index (χ1n) is 6.32. The van der Waals surface area contributed by atoms with Gasteiger partial charge < -0.3 is 10.1 Å². The van der Waals surface area contributed by atoms with Gasteiger partial charge in [0.1, 0.15) is 0 Å². The smallest absolute Gasteiger partial charge is 0.305 e. The number of nitrogens with one attached hydrogen (secondary N) is 1. The number of esters is 1. The Balaban J connectivity index is 2.26. The summed E-state index contributed by atoms with van der Waals surface area (Å²) in [4.78, 5) is 11.0. The van der Waals surface area contributed by atoms with Gasteiger partial charge in [-0.1, -0.05) is 25.6 Å². The van der Waals surface area contributed by atoms with Crippen molar-refractivity contribution in [2.45, 2.75) is 44.4 Å². The predicted octanol–water partition coefficient (Wildman–Crippen LogP) is 0.716. The van der Waals surface area contributed by atoms with Crippen LogP contribution in [0.3, 0.4) is 0 Å². The van der Waals surface area contributed by atoms with Gasteiger partial charge in [0, 0.05) is 24.8 Å². The van der Waals surface area contributed by atoms with Crippen LogP contribution in [0.25, 0.3) is 0 Å². The molecular weight excluding hydrogens is 266 g/mol. The third kappa shape index (κ3) is 6.53. The fourth-order valence-corrected chi connectivity index (χ4v) is 2.22. The van der Waals surface area contributed by atoms with Crippen LogP contribution in [-0.2, 0) is 16.1 Å². The molecule has 8 heteroatoms. The Morgan fingerprint density at radius 2 is 2.32 bits per heavy atom. The molecule has 7 nitrogen and oxygen atoms in total. The summed E-state index contributed by atoms with van der Waals surface area (Å²) in [6, 6.07) is 0.452. The SMILES string of the molecule is COC(=O)CCCSc1nnnn1CCNC(C)C. The Labute approximate surface area is 117 Å². The first-order valence-corrected chi connectivity index (χ1v) is 7.31. The topological polar surface area (TPSA) is 81.9 Å². The number of carbonyl (C=O) groups is 1. The van der Waals surface area contributed by atoms with Crippen molar-refractivity contribution < 1.29 is 9.53 Å². The second kappa shape index (κ2) is 8.87.